The third-order valence-corrected chi connectivity index (χ3v) is 8.29. The summed E-state index contributed by atoms with van der Waals surface area (Å²) in [5.74, 6) is 0.671. The zero-order valence-corrected chi connectivity index (χ0v) is 16.5. The first kappa shape index (κ1) is 19.4. The van der Waals surface area contributed by atoms with E-state index >= 15 is 0 Å². The topological polar surface area (TPSA) is 81.0 Å². The summed E-state index contributed by atoms with van der Waals surface area (Å²) in [6.07, 6.45) is 12.1. The molecule has 5 nitrogen and oxygen atoms in total. The van der Waals surface area contributed by atoms with E-state index in [4.69, 9.17) is 5.11 Å². The summed E-state index contributed by atoms with van der Waals surface area (Å²) in [7, 11) is 0. The number of aliphatic hydroxyl groups excluding tert-OH is 2. The lowest BCUT2D eigenvalue weighted by atomic mass is 9.67. The van der Waals surface area contributed by atoms with Crippen molar-refractivity contribution in [2.45, 2.75) is 88.4 Å². The number of aliphatic carboxylic acids is 1. The number of hydrogen-bond acceptors (Lipinski definition) is 4. The second kappa shape index (κ2) is 7.49. The van der Waals surface area contributed by atoms with Crippen molar-refractivity contribution < 1.29 is 20.1 Å². The van der Waals surface area contributed by atoms with Gasteiger partial charge in [0.25, 0.3) is 0 Å². The van der Waals surface area contributed by atoms with Crippen LogP contribution in [0.4, 0.5) is 0 Å². The molecule has 152 valence electrons. The lowest BCUT2D eigenvalue weighted by Crippen LogP contribution is -2.65. The fourth-order valence-corrected chi connectivity index (χ4v) is 7.10. The molecule has 0 radical (unpaired) electrons. The molecule has 3 N–H and O–H groups in total. The van der Waals surface area contributed by atoms with Crippen LogP contribution in [0, 0.1) is 23.7 Å². The van der Waals surface area contributed by atoms with Gasteiger partial charge in [0, 0.05) is 18.0 Å². The van der Waals surface area contributed by atoms with Crippen LogP contribution in [-0.4, -0.2) is 56.5 Å². The van der Waals surface area contributed by atoms with E-state index in [1.54, 1.807) is 6.08 Å². The first-order chi connectivity index (χ1) is 13.0. The highest BCUT2D eigenvalue weighted by molar-refractivity contribution is 5.80. The maximum atomic E-state index is 12.8. The Kier molecular flexibility index (Phi) is 5.38. The molecule has 2 saturated heterocycles. The van der Waals surface area contributed by atoms with Crippen molar-refractivity contribution in [3.05, 3.63) is 12.2 Å². The van der Waals surface area contributed by atoms with Crippen LogP contribution >= 0.6 is 0 Å². The van der Waals surface area contributed by atoms with Crippen LogP contribution in [0.3, 0.4) is 0 Å². The molecule has 4 aliphatic rings. The Bertz CT molecular complexity index is 585. The van der Waals surface area contributed by atoms with Gasteiger partial charge in [-0.05, 0) is 62.7 Å². The van der Waals surface area contributed by atoms with Crippen LogP contribution in [0.1, 0.15) is 64.7 Å². The van der Waals surface area contributed by atoms with E-state index in [0.717, 1.165) is 51.4 Å². The average Bonchev–Trinajstić information content (AvgIpc) is 3.15. The highest BCUT2D eigenvalue weighted by atomic mass is 16.4. The number of carbonyl (C=O) groups is 1. The molecule has 27 heavy (non-hydrogen) atoms. The summed E-state index contributed by atoms with van der Waals surface area (Å²) >= 11 is 0. The molecule has 4 fully saturated rings. The summed E-state index contributed by atoms with van der Waals surface area (Å²) in [5, 5.41) is 30.3. The number of nitrogens with zero attached hydrogens (tertiary/aromatic N) is 1. The van der Waals surface area contributed by atoms with Gasteiger partial charge >= 0.3 is 5.97 Å². The molecule has 0 bridgehead atoms. The normalized spacial score (nSPS) is 47.9. The predicted octanol–water partition coefficient (Wildman–Crippen LogP) is 2.81. The standard InChI is InChI=1S/C22H35NO4/c1-14-6-8-15(9-7-14)22(21(26)27)10-2-4-16-12-18-17(5-3-11-24)20(25)13-19(18)23(16)22/h3,5,14-20,24-25H,2,4,6-13H2,1H3,(H,26,27)/t14?,15?,16?,17-,18-,19-,20-,22?/m1/s1. The lowest BCUT2D eigenvalue weighted by Gasteiger charge is -2.53. The van der Waals surface area contributed by atoms with Crippen molar-refractivity contribution >= 4 is 5.97 Å². The summed E-state index contributed by atoms with van der Waals surface area (Å²) in [5.41, 5.74) is -0.738. The maximum Gasteiger partial charge on any atom is 0.324 e. The van der Waals surface area contributed by atoms with Crippen molar-refractivity contribution in [2.24, 2.45) is 23.7 Å². The van der Waals surface area contributed by atoms with E-state index in [1.807, 2.05) is 6.08 Å². The molecule has 2 saturated carbocycles. The molecule has 2 aliphatic carbocycles. The lowest BCUT2D eigenvalue weighted by molar-refractivity contribution is -0.166. The number of fused-ring (bicyclic) bond motifs is 3. The van der Waals surface area contributed by atoms with Gasteiger partial charge in [0.15, 0.2) is 0 Å². The number of rotatable bonds is 4. The number of aliphatic hydroxyl groups is 2. The molecule has 2 heterocycles. The van der Waals surface area contributed by atoms with Crippen LogP contribution in [0.2, 0.25) is 0 Å². The van der Waals surface area contributed by atoms with E-state index < -0.39 is 17.6 Å². The zero-order valence-electron chi connectivity index (χ0n) is 16.5. The number of carboxylic acids is 1. The van der Waals surface area contributed by atoms with Gasteiger partial charge in [0.05, 0.1) is 12.7 Å². The van der Waals surface area contributed by atoms with Gasteiger partial charge in [-0.1, -0.05) is 31.9 Å². The first-order valence-electron chi connectivity index (χ1n) is 11.0. The van der Waals surface area contributed by atoms with Gasteiger partial charge in [-0.3, -0.25) is 9.69 Å². The quantitative estimate of drug-likeness (QED) is 0.657. The summed E-state index contributed by atoms with van der Waals surface area (Å²) in [6, 6.07) is 0.496. The van der Waals surface area contributed by atoms with Gasteiger partial charge in [-0.15, -0.1) is 0 Å². The van der Waals surface area contributed by atoms with Gasteiger partial charge < -0.3 is 15.3 Å². The Hall–Kier alpha value is -0.910. The first-order valence-corrected chi connectivity index (χ1v) is 11.0. The predicted molar refractivity (Wildman–Crippen MR) is 103 cm³/mol. The number of carboxylic acid groups (broad SMARTS) is 1. The van der Waals surface area contributed by atoms with Crippen LogP contribution in [0.15, 0.2) is 12.2 Å². The third kappa shape index (κ3) is 3.06. The van der Waals surface area contributed by atoms with E-state index in [-0.39, 0.29) is 24.5 Å². The molecule has 2 aliphatic heterocycles. The van der Waals surface area contributed by atoms with Gasteiger partial charge in [-0.2, -0.15) is 0 Å². The van der Waals surface area contributed by atoms with Crippen LogP contribution in [0.5, 0.6) is 0 Å². The van der Waals surface area contributed by atoms with E-state index in [2.05, 4.69) is 11.8 Å². The third-order valence-electron chi connectivity index (χ3n) is 8.29. The molecule has 5 heteroatoms. The zero-order chi connectivity index (χ0) is 19.2. The minimum Gasteiger partial charge on any atom is -0.480 e. The summed E-state index contributed by atoms with van der Waals surface area (Å²) in [6.45, 7) is 2.28. The van der Waals surface area contributed by atoms with E-state index in [1.165, 1.54) is 0 Å². The Morgan fingerprint density at radius 1 is 1.19 bits per heavy atom. The second-order valence-electron chi connectivity index (χ2n) is 9.60. The highest BCUT2D eigenvalue weighted by Crippen LogP contribution is 2.55. The minimum atomic E-state index is -0.738. The fourth-order valence-electron chi connectivity index (χ4n) is 7.10. The minimum absolute atomic E-state index is 0.00687. The second-order valence-corrected chi connectivity index (χ2v) is 9.60. The molecule has 6 atom stereocenters. The molecule has 0 amide bonds. The summed E-state index contributed by atoms with van der Waals surface area (Å²) in [4.78, 5) is 15.2. The van der Waals surface area contributed by atoms with Crippen molar-refractivity contribution in [1.29, 1.82) is 0 Å². The molecule has 0 aromatic heterocycles. The van der Waals surface area contributed by atoms with Crippen LogP contribution in [0.25, 0.3) is 0 Å². The Morgan fingerprint density at radius 3 is 2.59 bits per heavy atom. The Balaban J connectivity index is 1.66. The number of hydrogen-bond donors (Lipinski definition) is 3. The smallest absolute Gasteiger partial charge is 0.324 e. The van der Waals surface area contributed by atoms with Crippen molar-refractivity contribution in [3.8, 4) is 0 Å². The monoisotopic (exact) mass is 377 g/mol. The van der Waals surface area contributed by atoms with E-state index in [9.17, 15) is 15.0 Å². The number of piperidine rings is 1. The fraction of sp³-hybridized carbons (Fsp3) is 0.864. The van der Waals surface area contributed by atoms with Gasteiger partial charge in [-0.25, -0.2) is 0 Å². The SMILES string of the molecule is CC1CCC(C2(C(=O)O)CCCC3C[C@@H]4[C@@H](C=CCO)[C@H](O)C[C@H]4N32)CC1. The van der Waals surface area contributed by atoms with Crippen LogP contribution < -0.4 is 0 Å². The largest absolute Gasteiger partial charge is 0.480 e. The average molecular weight is 378 g/mol. The summed E-state index contributed by atoms with van der Waals surface area (Å²) < 4.78 is 0. The Morgan fingerprint density at radius 2 is 1.93 bits per heavy atom. The van der Waals surface area contributed by atoms with Crippen molar-refractivity contribution in [1.82, 2.24) is 4.90 Å². The maximum absolute atomic E-state index is 12.8. The molecule has 0 aromatic rings. The van der Waals surface area contributed by atoms with Gasteiger partial charge in [0.1, 0.15) is 5.54 Å². The molecule has 0 aromatic carbocycles. The van der Waals surface area contributed by atoms with Crippen molar-refractivity contribution in [3.63, 3.8) is 0 Å². The van der Waals surface area contributed by atoms with Gasteiger partial charge in [0.2, 0.25) is 0 Å². The Labute approximate surface area is 162 Å². The molecule has 4 rings (SSSR count). The van der Waals surface area contributed by atoms with Crippen molar-refractivity contribution in [2.75, 3.05) is 6.61 Å². The van der Waals surface area contributed by atoms with E-state index in [0.29, 0.717) is 24.3 Å². The molecule has 2 unspecified atom stereocenters. The highest BCUT2D eigenvalue weighted by Gasteiger charge is 2.63. The molecule has 0 spiro atoms. The molecular formula is C22H35NO4. The molecular weight excluding hydrogens is 342 g/mol. The van der Waals surface area contributed by atoms with Crippen LogP contribution in [-0.2, 0) is 4.79 Å².